The van der Waals surface area contributed by atoms with Crippen LogP contribution in [0.25, 0.3) is 11.3 Å². The number of amides is 1. The summed E-state index contributed by atoms with van der Waals surface area (Å²) >= 11 is 0. The third-order valence-corrected chi connectivity index (χ3v) is 4.66. The first-order chi connectivity index (χ1) is 12.2. The maximum Gasteiger partial charge on any atom is 0.224 e. The lowest BCUT2D eigenvalue weighted by Gasteiger charge is -2.32. The molecule has 1 aliphatic heterocycles. The van der Waals surface area contributed by atoms with E-state index in [4.69, 9.17) is 0 Å². The molecule has 1 aliphatic rings. The predicted molar refractivity (Wildman–Crippen MR) is 100 cm³/mol. The molecule has 1 unspecified atom stereocenters. The van der Waals surface area contributed by atoms with Crippen molar-refractivity contribution in [2.45, 2.75) is 33.1 Å². The first-order valence-electron chi connectivity index (χ1n) is 9.11. The van der Waals surface area contributed by atoms with Crippen LogP contribution in [0.3, 0.4) is 0 Å². The van der Waals surface area contributed by atoms with Crippen molar-refractivity contribution in [1.29, 1.82) is 0 Å². The number of piperidine rings is 1. The van der Waals surface area contributed by atoms with Crippen LogP contribution in [-0.2, 0) is 4.79 Å². The van der Waals surface area contributed by atoms with Crippen molar-refractivity contribution in [3.63, 3.8) is 0 Å². The third kappa shape index (κ3) is 4.35. The van der Waals surface area contributed by atoms with Gasteiger partial charge in [-0.3, -0.25) is 4.79 Å². The zero-order valence-electron chi connectivity index (χ0n) is 15.0. The molecule has 0 bridgehead atoms. The van der Waals surface area contributed by atoms with Crippen molar-refractivity contribution in [3.05, 3.63) is 42.0 Å². The van der Waals surface area contributed by atoms with Crippen LogP contribution in [0.1, 0.15) is 31.7 Å². The van der Waals surface area contributed by atoms with Crippen molar-refractivity contribution in [3.8, 4) is 11.3 Å². The molecule has 1 fully saturated rings. The van der Waals surface area contributed by atoms with Crippen molar-refractivity contribution in [1.82, 2.24) is 15.5 Å². The molecule has 2 aromatic rings. The Morgan fingerprint density at radius 2 is 2.00 bits per heavy atom. The number of benzene rings is 1. The highest BCUT2D eigenvalue weighted by Crippen LogP contribution is 2.23. The summed E-state index contributed by atoms with van der Waals surface area (Å²) in [6.07, 6.45) is 2.92. The number of carbonyl (C=O) groups is 1. The van der Waals surface area contributed by atoms with E-state index in [1.165, 1.54) is 5.56 Å². The predicted octanol–water partition coefficient (Wildman–Crippen LogP) is 3.19. The van der Waals surface area contributed by atoms with E-state index in [0.717, 1.165) is 49.4 Å². The second-order valence-corrected chi connectivity index (χ2v) is 6.72. The van der Waals surface area contributed by atoms with Gasteiger partial charge in [0.2, 0.25) is 5.91 Å². The molecule has 25 heavy (non-hydrogen) atoms. The minimum Gasteiger partial charge on any atom is -0.356 e. The average molecular weight is 338 g/mol. The summed E-state index contributed by atoms with van der Waals surface area (Å²) in [6, 6.07) is 12.3. The van der Waals surface area contributed by atoms with Gasteiger partial charge in [-0.05, 0) is 38.3 Å². The van der Waals surface area contributed by atoms with E-state index in [-0.39, 0.29) is 11.8 Å². The summed E-state index contributed by atoms with van der Waals surface area (Å²) in [5, 5.41) is 11.8. The van der Waals surface area contributed by atoms with Crippen LogP contribution < -0.4 is 10.2 Å². The smallest absolute Gasteiger partial charge is 0.224 e. The van der Waals surface area contributed by atoms with Gasteiger partial charge in [-0.2, -0.15) is 0 Å². The van der Waals surface area contributed by atoms with Crippen LogP contribution in [0.2, 0.25) is 0 Å². The molecule has 0 saturated carbocycles. The molecule has 1 atom stereocenters. The second kappa shape index (κ2) is 8.10. The Morgan fingerprint density at radius 3 is 2.68 bits per heavy atom. The van der Waals surface area contributed by atoms with E-state index in [1.54, 1.807) is 0 Å². The van der Waals surface area contributed by atoms with Crippen molar-refractivity contribution in [2.24, 2.45) is 5.92 Å². The third-order valence-electron chi connectivity index (χ3n) is 4.66. The summed E-state index contributed by atoms with van der Waals surface area (Å²) in [5.74, 6) is 1.05. The van der Waals surface area contributed by atoms with Crippen LogP contribution in [0.15, 0.2) is 36.4 Å². The number of nitrogens with one attached hydrogen (secondary N) is 1. The first-order valence-corrected chi connectivity index (χ1v) is 9.11. The molecule has 0 aliphatic carbocycles. The highest BCUT2D eigenvalue weighted by atomic mass is 16.1. The largest absolute Gasteiger partial charge is 0.356 e. The van der Waals surface area contributed by atoms with Crippen LogP contribution in [-0.4, -0.2) is 35.7 Å². The number of rotatable bonds is 5. The molecular weight excluding hydrogens is 312 g/mol. The molecule has 1 aromatic heterocycles. The minimum atomic E-state index is 0.0406. The molecule has 0 radical (unpaired) electrons. The summed E-state index contributed by atoms with van der Waals surface area (Å²) in [6.45, 7) is 6.53. The average Bonchev–Trinajstić information content (AvgIpc) is 2.67. The van der Waals surface area contributed by atoms with Crippen molar-refractivity contribution >= 4 is 11.7 Å². The van der Waals surface area contributed by atoms with Crippen LogP contribution in [0.4, 0.5) is 5.82 Å². The zero-order chi connectivity index (χ0) is 17.6. The van der Waals surface area contributed by atoms with E-state index < -0.39 is 0 Å². The van der Waals surface area contributed by atoms with Gasteiger partial charge in [-0.15, -0.1) is 10.2 Å². The number of aromatic nitrogens is 2. The molecule has 1 N–H and O–H groups in total. The van der Waals surface area contributed by atoms with Crippen LogP contribution >= 0.6 is 0 Å². The monoisotopic (exact) mass is 338 g/mol. The minimum absolute atomic E-state index is 0.0406. The fourth-order valence-corrected chi connectivity index (χ4v) is 3.16. The Labute approximate surface area is 149 Å². The molecule has 1 aromatic carbocycles. The maximum atomic E-state index is 12.2. The summed E-state index contributed by atoms with van der Waals surface area (Å²) in [7, 11) is 0. The lowest BCUT2D eigenvalue weighted by Crippen LogP contribution is -2.43. The Kier molecular flexibility index (Phi) is 5.64. The molecule has 2 heterocycles. The highest BCUT2D eigenvalue weighted by Gasteiger charge is 2.26. The molecule has 5 nitrogen and oxygen atoms in total. The van der Waals surface area contributed by atoms with E-state index >= 15 is 0 Å². The lowest BCUT2D eigenvalue weighted by molar-refractivity contribution is -0.125. The lowest BCUT2D eigenvalue weighted by atomic mass is 9.97. The number of anilines is 1. The molecule has 1 saturated heterocycles. The van der Waals surface area contributed by atoms with Gasteiger partial charge in [0.15, 0.2) is 5.82 Å². The standard InChI is InChI=1S/C20H26N4O/c1-3-12-21-20(25)17-5-4-13-24(14-17)19-11-10-18(22-23-19)16-8-6-15(2)7-9-16/h6-11,17H,3-5,12-14H2,1-2H3,(H,21,25). The van der Waals surface area contributed by atoms with E-state index in [9.17, 15) is 4.79 Å². The fourth-order valence-electron chi connectivity index (χ4n) is 3.16. The van der Waals surface area contributed by atoms with E-state index in [0.29, 0.717) is 6.54 Å². The van der Waals surface area contributed by atoms with Crippen molar-refractivity contribution < 1.29 is 4.79 Å². The summed E-state index contributed by atoms with van der Waals surface area (Å²) < 4.78 is 0. The number of carbonyl (C=O) groups excluding carboxylic acids is 1. The normalized spacial score (nSPS) is 17.4. The van der Waals surface area contributed by atoms with Gasteiger partial charge in [0, 0.05) is 25.2 Å². The second-order valence-electron chi connectivity index (χ2n) is 6.72. The number of hydrogen-bond donors (Lipinski definition) is 1. The Hall–Kier alpha value is -2.43. The van der Waals surface area contributed by atoms with Gasteiger partial charge < -0.3 is 10.2 Å². The summed E-state index contributed by atoms with van der Waals surface area (Å²) in [5.41, 5.74) is 3.17. The summed E-state index contributed by atoms with van der Waals surface area (Å²) in [4.78, 5) is 14.4. The zero-order valence-corrected chi connectivity index (χ0v) is 15.0. The Morgan fingerprint density at radius 1 is 1.20 bits per heavy atom. The Balaban J connectivity index is 1.67. The van der Waals surface area contributed by atoms with Crippen molar-refractivity contribution in [2.75, 3.05) is 24.5 Å². The quantitative estimate of drug-likeness (QED) is 0.909. The van der Waals surface area contributed by atoms with Gasteiger partial charge in [-0.25, -0.2) is 0 Å². The SMILES string of the molecule is CCCNC(=O)C1CCCN(c2ccc(-c3ccc(C)cc3)nn2)C1. The van der Waals surface area contributed by atoms with Gasteiger partial charge in [0.1, 0.15) is 0 Å². The maximum absolute atomic E-state index is 12.2. The molecule has 5 heteroatoms. The topological polar surface area (TPSA) is 58.1 Å². The van der Waals surface area contributed by atoms with E-state index in [2.05, 4.69) is 58.5 Å². The van der Waals surface area contributed by atoms with Gasteiger partial charge in [0.25, 0.3) is 0 Å². The number of aryl methyl sites for hydroxylation is 1. The van der Waals surface area contributed by atoms with Gasteiger partial charge >= 0.3 is 0 Å². The van der Waals surface area contributed by atoms with E-state index in [1.807, 2.05) is 12.1 Å². The number of hydrogen-bond acceptors (Lipinski definition) is 4. The number of nitrogens with zero attached hydrogens (tertiary/aromatic N) is 3. The molecule has 0 spiro atoms. The molecule has 1 amide bonds. The first kappa shape index (κ1) is 17.4. The molecule has 132 valence electrons. The van der Waals surface area contributed by atoms with Crippen LogP contribution in [0, 0.1) is 12.8 Å². The Bertz CT molecular complexity index is 697. The van der Waals surface area contributed by atoms with Gasteiger partial charge in [0.05, 0.1) is 11.6 Å². The fraction of sp³-hybridized carbons (Fsp3) is 0.450. The highest BCUT2D eigenvalue weighted by molar-refractivity contribution is 5.79. The molecule has 3 rings (SSSR count). The van der Waals surface area contributed by atoms with Gasteiger partial charge in [-0.1, -0.05) is 36.8 Å². The van der Waals surface area contributed by atoms with Crippen LogP contribution in [0.5, 0.6) is 0 Å². The molecular formula is C20H26N4O.